The smallest absolute Gasteiger partial charge is 0.165 e. The third-order valence-electron chi connectivity index (χ3n) is 2.80. The maximum atomic E-state index is 13.3. The molecule has 1 aromatic carbocycles. The Kier molecular flexibility index (Phi) is 2.22. The summed E-state index contributed by atoms with van der Waals surface area (Å²) < 4.78 is 52.2. The first-order valence-electron chi connectivity index (χ1n) is 4.46. The lowest BCUT2D eigenvalue weighted by Crippen LogP contribution is -2.18. The normalized spacial score (nSPS) is 17.9. The predicted octanol–water partition coefficient (Wildman–Crippen LogP) is 2.27. The monoisotopic (exact) mass is 220 g/mol. The van der Waals surface area contributed by atoms with Crippen molar-refractivity contribution in [3.05, 3.63) is 34.9 Å². The summed E-state index contributed by atoms with van der Waals surface area (Å²) in [7, 11) is 0. The fourth-order valence-electron chi connectivity index (χ4n) is 1.68. The van der Waals surface area contributed by atoms with E-state index in [2.05, 4.69) is 0 Å². The molecule has 1 N–H and O–H groups in total. The summed E-state index contributed by atoms with van der Waals surface area (Å²) in [5.41, 5.74) is -1.79. The average molecular weight is 220 g/mol. The van der Waals surface area contributed by atoms with Gasteiger partial charge in [-0.3, -0.25) is 0 Å². The quantitative estimate of drug-likeness (QED) is 0.598. The number of hydrogen-bond acceptors (Lipinski definition) is 1. The van der Waals surface area contributed by atoms with Gasteiger partial charge in [0, 0.05) is 17.0 Å². The Morgan fingerprint density at radius 3 is 1.87 bits per heavy atom. The Hall–Kier alpha value is -1.10. The summed E-state index contributed by atoms with van der Waals surface area (Å²) in [5, 5.41) is 8.96. The van der Waals surface area contributed by atoms with Gasteiger partial charge in [-0.25, -0.2) is 17.6 Å². The molecule has 15 heavy (non-hydrogen) atoms. The van der Waals surface area contributed by atoms with Crippen molar-refractivity contribution in [2.24, 2.45) is 0 Å². The summed E-state index contributed by atoms with van der Waals surface area (Å²) in [6.45, 7) is -0.510. The van der Waals surface area contributed by atoms with Crippen molar-refractivity contribution in [3.63, 3.8) is 0 Å². The highest BCUT2D eigenvalue weighted by Crippen LogP contribution is 2.50. The topological polar surface area (TPSA) is 20.2 Å². The van der Waals surface area contributed by atoms with E-state index >= 15 is 0 Å². The van der Waals surface area contributed by atoms with Crippen molar-refractivity contribution >= 4 is 0 Å². The minimum Gasteiger partial charge on any atom is -0.395 e. The van der Waals surface area contributed by atoms with E-state index in [9.17, 15) is 17.6 Å². The molecular weight excluding hydrogens is 212 g/mol. The van der Waals surface area contributed by atoms with Crippen molar-refractivity contribution in [2.45, 2.75) is 18.3 Å². The van der Waals surface area contributed by atoms with Crippen LogP contribution in [-0.2, 0) is 5.41 Å². The maximum absolute atomic E-state index is 13.3. The second-order valence-electron chi connectivity index (χ2n) is 3.78. The first kappa shape index (κ1) is 10.4. The van der Waals surface area contributed by atoms with E-state index < -0.39 is 40.9 Å². The molecule has 5 heteroatoms. The van der Waals surface area contributed by atoms with Crippen LogP contribution in [0.1, 0.15) is 18.4 Å². The molecule has 1 fully saturated rings. The van der Waals surface area contributed by atoms with Crippen LogP contribution in [0.2, 0.25) is 0 Å². The van der Waals surface area contributed by atoms with E-state index in [-0.39, 0.29) is 6.07 Å². The van der Waals surface area contributed by atoms with Crippen LogP contribution >= 0.6 is 0 Å². The molecule has 2 rings (SSSR count). The van der Waals surface area contributed by atoms with Gasteiger partial charge in [-0.15, -0.1) is 0 Å². The van der Waals surface area contributed by atoms with Crippen molar-refractivity contribution in [1.29, 1.82) is 0 Å². The van der Waals surface area contributed by atoms with Gasteiger partial charge in [0.15, 0.2) is 23.3 Å². The van der Waals surface area contributed by atoms with Gasteiger partial charge < -0.3 is 5.11 Å². The van der Waals surface area contributed by atoms with Crippen LogP contribution in [0.25, 0.3) is 0 Å². The number of aliphatic hydroxyl groups is 1. The zero-order valence-corrected chi connectivity index (χ0v) is 7.66. The van der Waals surface area contributed by atoms with Crippen molar-refractivity contribution in [3.8, 4) is 0 Å². The molecule has 0 aliphatic heterocycles. The van der Waals surface area contributed by atoms with E-state index in [4.69, 9.17) is 5.11 Å². The molecular formula is C10H8F4O. The van der Waals surface area contributed by atoms with Gasteiger partial charge in [-0.1, -0.05) is 0 Å². The van der Waals surface area contributed by atoms with Gasteiger partial charge in [0.25, 0.3) is 0 Å². The first-order chi connectivity index (χ1) is 7.02. The van der Waals surface area contributed by atoms with E-state index in [1.54, 1.807) is 0 Å². The van der Waals surface area contributed by atoms with Crippen LogP contribution in [0.3, 0.4) is 0 Å². The summed E-state index contributed by atoms with van der Waals surface area (Å²) in [4.78, 5) is 0. The van der Waals surface area contributed by atoms with Gasteiger partial charge in [0.2, 0.25) is 0 Å². The van der Waals surface area contributed by atoms with E-state index in [0.717, 1.165) is 0 Å². The summed E-state index contributed by atoms with van der Waals surface area (Å²) in [5.74, 6) is -5.66. The SMILES string of the molecule is OCC1(c2c(F)c(F)cc(F)c2F)CC1. The Morgan fingerprint density at radius 2 is 1.53 bits per heavy atom. The minimum absolute atomic E-state index is 0.168. The Balaban J connectivity index is 2.64. The lowest BCUT2D eigenvalue weighted by molar-refractivity contribution is 0.246. The predicted molar refractivity (Wildman–Crippen MR) is 44.3 cm³/mol. The standard InChI is InChI=1S/C10H8F4O/c11-5-3-6(12)9(14)7(8(5)13)10(4-15)1-2-10/h3,15H,1-2,4H2. The lowest BCUT2D eigenvalue weighted by atomic mass is 9.95. The molecule has 0 unspecified atom stereocenters. The third-order valence-corrected chi connectivity index (χ3v) is 2.80. The molecule has 0 bridgehead atoms. The highest BCUT2D eigenvalue weighted by atomic mass is 19.2. The summed E-state index contributed by atoms with van der Waals surface area (Å²) in [6, 6.07) is 0.168. The molecule has 0 saturated heterocycles. The van der Waals surface area contributed by atoms with Crippen LogP contribution in [0, 0.1) is 23.3 Å². The van der Waals surface area contributed by atoms with Crippen LogP contribution in [0.15, 0.2) is 6.07 Å². The fraction of sp³-hybridized carbons (Fsp3) is 0.400. The molecule has 0 heterocycles. The van der Waals surface area contributed by atoms with Crippen LogP contribution in [-0.4, -0.2) is 11.7 Å². The molecule has 0 amide bonds. The van der Waals surface area contributed by atoms with E-state index in [0.29, 0.717) is 12.8 Å². The number of hydrogen-bond donors (Lipinski definition) is 1. The molecule has 1 saturated carbocycles. The Morgan fingerprint density at radius 1 is 1.07 bits per heavy atom. The number of rotatable bonds is 2. The van der Waals surface area contributed by atoms with Gasteiger partial charge in [0.1, 0.15) is 0 Å². The van der Waals surface area contributed by atoms with Crippen LogP contribution in [0.4, 0.5) is 17.6 Å². The summed E-state index contributed by atoms with van der Waals surface area (Å²) >= 11 is 0. The highest BCUT2D eigenvalue weighted by Gasteiger charge is 2.48. The highest BCUT2D eigenvalue weighted by molar-refractivity contribution is 5.35. The summed E-state index contributed by atoms with van der Waals surface area (Å²) in [6.07, 6.45) is 0.667. The molecule has 0 aromatic heterocycles. The van der Waals surface area contributed by atoms with E-state index in [1.165, 1.54) is 0 Å². The second kappa shape index (κ2) is 3.20. The van der Waals surface area contributed by atoms with Crippen molar-refractivity contribution < 1.29 is 22.7 Å². The molecule has 1 aliphatic rings. The molecule has 1 aliphatic carbocycles. The Labute approximate surface area is 83.3 Å². The van der Waals surface area contributed by atoms with Crippen molar-refractivity contribution in [1.82, 2.24) is 0 Å². The van der Waals surface area contributed by atoms with Gasteiger partial charge in [-0.05, 0) is 12.8 Å². The molecule has 0 spiro atoms. The average Bonchev–Trinajstić information content (AvgIpc) is 2.96. The zero-order valence-electron chi connectivity index (χ0n) is 7.66. The Bertz CT molecular complexity index is 386. The molecule has 82 valence electrons. The number of benzene rings is 1. The molecule has 1 aromatic rings. The van der Waals surface area contributed by atoms with Gasteiger partial charge >= 0.3 is 0 Å². The number of halogens is 4. The molecule has 0 atom stereocenters. The lowest BCUT2D eigenvalue weighted by Gasteiger charge is -2.14. The zero-order chi connectivity index (χ0) is 11.2. The molecule has 1 nitrogen and oxygen atoms in total. The van der Waals surface area contributed by atoms with Crippen LogP contribution in [0.5, 0.6) is 0 Å². The van der Waals surface area contributed by atoms with Gasteiger partial charge in [0.05, 0.1) is 6.61 Å². The number of aliphatic hydroxyl groups excluding tert-OH is 1. The van der Waals surface area contributed by atoms with Gasteiger partial charge in [-0.2, -0.15) is 0 Å². The minimum atomic E-state index is -1.43. The molecule has 0 radical (unpaired) electrons. The second-order valence-corrected chi connectivity index (χ2v) is 3.78. The van der Waals surface area contributed by atoms with E-state index in [1.807, 2.05) is 0 Å². The first-order valence-corrected chi connectivity index (χ1v) is 4.46. The fourth-order valence-corrected chi connectivity index (χ4v) is 1.68. The maximum Gasteiger partial charge on any atom is 0.165 e. The van der Waals surface area contributed by atoms with Crippen molar-refractivity contribution in [2.75, 3.05) is 6.61 Å². The third kappa shape index (κ3) is 1.42. The van der Waals surface area contributed by atoms with Crippen LogP contribution < -0.4 is 0 Å². The largest absolute Gasteiger partial charge is 0.395 e.